The number of amides is 1. The van der Waals surface area contributed by atoms with E-state index in [0.717, 1.165) is 23.0 Å². The van der Waals surface area contributed by atoms with Crippen molar-refractivity contribution >= 4 is 28.4 Å². The van der Waals surface area contributed by atoms with Crippen LogP contribution in [0.25, 0.3) is 16.7 Å². The Morgan fingerprint density at radius 3 is 2.55 bits per heavy atom. The summed E-state index contributed by atoms with van der Waals surface area (Å²) in [7, 11) is 3.94. The van der Waals surface area contributed by atoms with Crippen LogP contribution in [-0.2, 0) is 9.59 Å². The molecule has 7 nitrogen and oxygen atoms in total. The molecule has 7 heteroatoms. The molecule has 1 aliphatic heterocycles. The first-order valence-corrected chi connectivity index (χ1v) is 11.1. The number of carbonyl (C=O) groups is 2. The third kappa shape index (κ3) is 4.36. The lowest BCUT2D eigenvalue weighted by Crippen LogP contribution is -2.32. The van der Waals surface area contributed by atoms with E-state index in [0.29, 0.717) is 30.9 Å². The summed E-state index contributed by atoms with van der Waals surface area (Å²) in [5, 5.41) is 12.1. The molecule has 0 spiro atoms. The number of carbonyl (C=O) groups excluding carboxylic acids is 2. The Kier molecular flexibility index (Phi) is 6.51. The van der Waals surface area contributed by atoms with E-state index in [9.17, 15) is 14.7 Å². The quantitative estimate of drug-likeness (QED) is 0.310. The van der Waals surface area contributed by atoms with Crippen molar-refractivity contribution in [3.05, 3.63) is 71.4 Å². The van der Waals surface area contributed by atoms with Gasteiger partial charge in [-0.1, -0.05) is 18.2 Å². The largest absolute Gasteiger partial charge is 0.507 e. The second-order valence-corrected chi connectivity index (χ2v) is 8.40. The number of ether oxygens (including phenoxy) is 1. The molecule has 33 heavy (non-hydrogen) atoms. The molecule has 0 saturated carbocycles. The van der Waals surface area contributed by atoms with E-state index in [1.807, 2.05) is 56.4 Å². The second kappa shape index (κ2) is 9.50. The van der Waals surface area contributed by atoms with Gasteiger partial charge in [-0.3, -0.25) is 9.59 Å². The molecule has 1 aromatic heterocycles. The fraction of sp³-hybridized carbons (Fsp3) is 0.308. The van der Waals surface area contributed by atoms with Crippen LogP contribution in [0.15, 0.2) is 60.3 Å². The highest BCUT2D eigenvalue weighted by Crippen LogP contribution is 2.42. The van der Waals surface area contributed by atoms with Gasteiger partial charge in [-0.15, -0.1) is 0 Å². The Balaban J connectivity index is 1.81. The fourth-order valence-corrected chi connectivity index (χ4v) is 4.34. The molecule has 2 aromatic carbocycles. The lowest BCUT2D eigenvalue weighted by molar-refractivity contribution is -0.139. The second-order valence-electron chi connectivity index (χ2n) is 8.40. The number of ketones is 1. The Labute approximate surface area is 193 Å². The van der Waals surface area contributed by atoms with Crippen molar-refractivity contribution in [2.24, 2.45) is 0 Å². The van der Waals surface area contributed by atoms with Gasteiger partial charge in [0.1, 0.15) is 11.5 Å². The van der Waals surface area contributed by atoms with E-state index < -0.39 is 17.7 Å². The van der Waals surface area contributed by atoms with Crippen molar-refractivity contribution in [1.29, 1.82) is 0 Å². The van der Waals surface area contributed by atoms with Gasteiger partial charge < -0.3 is 24.6 Å². The number of aliphatic hydroxyl groups is 1. The Bertz CT molecular complexity index is 1190. The van der Waals surface area contributed by atoms with Gasteiger partial charge in [0, 0.05) is 34.8 Å². The topological polar surface area (TPSA) is 85.9 Å². The molecule has 1 saturated heterocycles. The summed E-state index contributed by atoms with van der Waals surface area (Å²) >= 11 is 0. The summed E-state index contributed by atoms with van der Waals surface area (Å²) < 4.78 is 5.48. The molecule has 1 unspecified atom stereocenters. The van der Waals surface area contributed by atoms with Gasteiger partial charge in [-0.05, 0) is 64.3 Å². The van der Waals surface area contributed by atoms with E-state index in [2.05, 4.69) is 4.98 Å². The zero-order valence-corrected chi connectivity index (χ0v) is 19.2. The van der Waals surface area contributed by atoms with E-state index in [1.54, 1.807) is 29.2 Å². The number of aliphatic hydroxyl groups excluding tert-OH is 1. The highest BCUT2D eigenvalue weighted by molar-refractivity contribution is 6.46. The van der Waals surface area contributed by atoms with Gasteiger partial charge in [-0.2, -0.15) is 0 Å². The highest BCUT2D eigenvalue weighted by atomic mass is 16.5. The highest BCUT2D eigenvalue weighted by Gasteiger charge is 2.46. The van der Waals surface area contributed by atoms with Crippen LogP contribution in [0.5, 0.6) is 5.75 Å². The molecule has 1 amide bonds. The maximum atomic E-state index is 13.2. The summed E-state index contributed by atoms with van der Waals surface area (Å²) in [5.41, 5.74) is 2.28. The van der Waals surface area contributed by atoms with Crippen LogP contribution in [0, 0.1) is 0 Å². The van der Waals surface area contributed by atoms with Crippen molar-refractivity contribution in [1.82, 2.24) is 14.8 Å². The van der Waals surface area contributed by atoms with E-state index in [-0.39, 0.29) is 11.3 Å². The number of aromatic nitrogens is 1. The summed E-state index contributed by atoms with van der Waals surface area (Å²) in [4.78, 5) is 33.1. The smallest absolute Gasteiger partial charge is 0.295 e. The first kappa shape index (κ1) is 22.6. The molecular weight excluding hydrogens is 418 g/mol. The van der Waals surface area contributed by atoms with Gasteiger partial charge in [-0.25, -0.2) is 0 Å². The molecule has 1 fully saturated rings. The van der Waals surface area contributed by atoms with E-state index >= 15 is 0 Å². The van der Waals surface area contributed by atoms with E-state index in [1.165, 1.54) is 0 Å². The van der Waals surface area contributed by atoms with Gasteiger partial charge in [0.2, 0.25) is 0 Å². The average molecular weight is 448 g/mol. The molecule has 0 radical (unpaired) electrons. The Morgan fingerprint density at radius 2 is 1.85 bits per heavy atom. The number of para-hydroxylation sites is 1. The molecule has 1 aliphatic rings. The van der Waals surface area contributed by atoms with Crippen molar-refractivity contribution in [3.8, 4) is 5.75 Å². The lowest BCUT2D eigenvalue weighted by atomic mass is 9.95. The summed E-state index contributed by atoms with van der Waals surface area (Å²) in [6, 6.07) is 14.0. The van der Waals surface area contributed by atoms with Crippen molar-refractivity contribution in [2.75, 3.05) is 33.8 Å². The van der Waals surface area contributed by atoms with Crippen LogP contribution in [0.2, 0.25) is 0 Å². The first-order chi connectivity index (χ1) is 15.9. The number of hydrogen-bond donors (Lipinski definition) is 2. The predicted octanol–water partition coefficient (Wildman–Crippen LogP) is 3.94. The van der Waals surface area contributed by atoms with Crippen LogP contribution >= 0.6 is 0 Å². The molecular formula is C26H29N3O4. The number of fused-ring (bicyclic) bond motifs is 1. The first-order valence-electron chi connectivity index (χ1n) is 11.1. The van der Waals surface area contributed by atoms with Crippen molar-refractivity contribution in [2.45, 2.75) is 19.4 Å². The molecule has 0 aliphatic carbocycles. The van der Waals surface area contributed by atoms with Crippen LogP contribution in [-0.4, -0.2) is 65.4 Å². The van der Waals surface area contributed by atoms with Gasteiger partial charge in [0.15, 0.2) is 0 Å². The number of hydrogen-bond acceptors (Lipinski definition) is 5. The van der Waals surface area contributed by atoms with Gasteiger partial charge >= 0.3 is 0 Å². The number of benzene rings is 2. The average Bonchev–Trinajstić information content (AvgIpc) is 3.33. The van der Waals surface area contributed by atoms with Crippen molar-refractivity contribution < 1.29 is 19.4 Å². The SMILES string of the molecule is CCOc1ccc(/C(O)=C2\C(=O)C(=O)N(CCCN(C)C)C2c2c[nH]c3ccccc23)cc1. The van der Waals surface area contributed by atoms with Crippen LogP contribution in [0.3, 0.4) is 0 Å². The molecule has 2 heterocycles. The Hall–Kier alpha value is -3.58. The number of likely N-dealkylation sites (tertiary alicyclic amines) is 1. The normalized spacial score (nSPS) is 17.9. The van der Waals surface area contributed by atoms with Crippen LogP contribution in [0.1, 0.15) is 30.5 Å². The number of nitrogens with zero attached hydrogens (tertiary/aromatic N) is 2. The summed E-state index contributed by atoms with van der Waals surface area (Å²) in [6.07, 6.45) is 2.54. The minimum atomic E-state index is -0.671. The minimum absolute atomic E-state index is 0.110. The molecule has 1 atom stereocenters. The van der Waals surface area contributed by atoms with Gasteiger partial charge in [0.05, 0.1) is 18.2 Å². The number of nitrogens with one attached hydrogen (secondary N) is 1. The standard InChI is InChI=1S/C26H29N3O4/c1-4-33-18-12-10-17(11-13-18)24(30)22-23(20-16-27-21-9-6-5-8-19(20)21)29(26(32)25(22)31)15-7-14-28(2)3/h5-6,8-13,16,23,27,30H,4,7,14-15H2,1-3H3/b24-22+. The number of Topliss-reactive ketones (excluding diaryl/α,β-unsaturated/α-hetero) is 1. The summed E-state index contributed by atoms with van der Waals surface area (Å²) in [5.74, 6) is -0.758. The third-order valence-electron chi connectivity index (χ3n) is 5.90. The lowest BCUT2D eigenvalue weighted by Gasteiger charge is -2.25. The number of H-pyrrole nitrogens is 1. The molecule has 3 aromatic rings. The van der Waals surface area contributed by atoms with Crippen LogP contribution < -0.4 is 4.74 Å². The van der Waals surface area contributed by atoms with Crippen LogP contribution in [0.4, 0.5) is 0 Å². The predicted molar refractivity (Wildman–Crippen MR) is 128 cm³/mol. The Morgan fingerprint density at radius 1 is 1.12 bits per heavy atom. The zero-order chi connectivity index (χ0) is 23.5. The number of aromatic amines is 1. The third-order valence-corrected chi connectivity index (χ3v) is 5.90. The monoisotopic (exact) mass is 447 g/mol. The fourth-order valence-electron chi connectivity index (χ4n) is 4.34. The minimum Gasteiger partial charge on any atom is -0.507 e. The van der Waals surface area contributed by atoms with E-state index in [4.69, 9.17) is 4.74 Å². The maximum absolute atomic E-state index is 13.2. The number of rotatable bonds is 8. The zero-order valence-electron chi connectivity index (χ0n) is 19.2. The summed E-state index contributed by atoms with van der Waals surface area (Å²) in [6.45, 7) is 3.62. The van der Waals surface area contributed by atoms with Gasteiger partial charge in [0.25, 0.3) is 11.7 Å². The maximum Gasteiger partial charge on any atom is 0.295 e. The molecule has 4 rings (SSSR count). The molecule has 0 bridgehead atoms. The molecule has 172 valence electrons. The molecule has 2 N–H and O–H groups in total. The van der Waals surface area contributed by atoms with Crippen molar-refractivity contribution in [3.63, 3.8) is 0 Å².